The van der Waals surface area contributed by atoms with Gasteiger partial charge in [-0.1, -0.05) is 0 Å². The molecular weight excluding hydrogens is 218 g/mol. The number of ether oxygens (including phenoxy) is 1. The van der Waals surface area contributed by atoms with Crippen LogP contribution in [0.25, 0.3) is 0 Å². The van der Waals surface area contributed by atoms with E-state index in [2.05, 4.69) is 12.6 Å². The first kappa shape index (κ1) is 14.0. The van der Waals surface area contributed by atoms with Crippen LogP contribution in [-0.2, 0) is 19.1 Å². The molecule has 6 heteroatoms. The smallest absolute Gasteiger partial charge is 0.330 e. The monoisotopic (exact) mass is 233 g/mol. The van der Waals surface area contributed by atoms with Crippen LogP contribution in [-0.4, -0.2) is 41.1 Å². The van der Waals surface area contributed by atoms with Gasteiger partial charge in [0.05, 0.1) is 6.61 Å². The number of rotatable bonds is 4. The summed E-state index contributed by atoms with van der Waals surface area (Å²) < 4.78 is 4.74. The summed E-state index contributed by atoms with van der Waals surface area (Å²) >= 11 is 3.93. The second kappa shape index (κ2) is 6.44. The third kappa shape index (κ3) is 3.91. The lowest BCUT2D eigenvalue weighted by atomic mass is 10.2. The van der Waals surface area contributed by atoms with E-state index in [1.165, 1.54) is 13.8 Å². The van der Waals surface area contributed by atoms with Crippen molar-refractivity contribution in [2.45, 2.75) is 26.8 Å². The molecule has 0 rings (SSSR count). The maximum absolute atomic E-state index is 11.4. The predicted molar refractivity (Wildman–Crippen MR) is 57.5 cm³/mol. The van der Waals surface area contributed by atoms with Crippen molar-refractivity contribution < 1.29 is 19.1 Å². The Kier molecular flexibility index (Phi) is 6.00. The maximum Gasteiger partial charge on any atom is 0.330 e. The highest BCUT2D eigenvalue weighted by Crippen LogP contribution is 2.06. The van der Waals surface area contributed by atoms with Crippen LogP contribution in [0.4, 0.5) is 0 Å². The molecule has 0 aromatic carbocycles. The Morgan fingerprint density at radius 3 is 2.00 bits per heavy atom. The van der Waals surface area contributed by atoms with Gasteiger partial charge in [0.15, 0.2) is 0 Å². The molecule has 0 N–H and O–H groups in total. The number of carbonyl (C=O) groups excluding carboxylic acids is 3. The van der Waals surface area contributed by atoms with Crippen molar-refractivity contribution in [3.63, 3.8) is 0 Å². The molecule has 5 nitrogen and oxygen atoms in total. The highest BCUT2D eigenvalue weighted by molar-refractivity contribution is 7.80. The van der Waals surface area contributed by atoms with Gasteiger partial charge in [-0.25, -0.2) is 4.79 Å². The van der Waals surface area contributed by atoms with Crippen molar-refractivity contribution in [2.75, 3.05) is 12.4 Å². The molecule has 0 bridgehead atoms. The van der Waals surface area contributed by atoms with Crippen LogP contribution in [0.5, 0.6) is 0 Å². The number of hydrogen-bond donors (Lipinski definition) is 1. The molecule has 0 aromatic rings. The van der Waals surface area contributed by atoms with Crippen LogP contribution in [0.15, 0.2) is 0 Å². The lowest BCUT2D eigenvalue weighted by Crippen LogP contribution is -2.48. The minimum Gasteiger partial charge on any atom is -0.464 e. The van der Waals surface area contributed by atoms with Gasteiger partial charge in [0.25, 0.3) is 0 Å². The molecule has 0 aliphatic heterocycles. The second-order valence-corrected chi connectivity index (χ2v) is 3.22. The van der Waals surface area contributed by atoms with Crippen molar-refractivity contribution in [1.82, 2.24) is 4.90 Å². The summed E-state index contributed by atoms with van der Waals surface area (Å²) in [5.41, 5.74) is 0. The Morgan fingerprint density at radius 2 is 1.73 bits per heavy atom. The zero-order valence-electron chi connectivity index (χ0n) is 9.02. The third-order valence-electron chi connectivity index (χ3n) is 1.72. The fourth-order valence-corrected chi connectivity index (χ4v) is 1.47. The van der Waals surface area contributed by atoms with Crippen LogP contribution >= 0.6 is 12.6 Å². The van der Waals surface area contributed by atoms with E-state index in [1.807, 2.05) is 0 Å². The van der Waals surface area contributed by atoms with Crippen molar-refractivity contribution in [1.29, 1.82) is 0 Å². The van der Waals surface area contributed by atoms with Gasteiger partial charge in [-0.3, -0.25) is 14.5 Å². The highest BCUT2D eigenvalue weighted by atomic mass is 32.1. The molecule has 2 amide bonds. The van der Waals surface area contributed by atoms with Gasteiger partial charge >= 0.3 is 5.97 Å². The van der Waals surface area contributed by atoms with Crippen LogP contribution in [0.2, 0.25) is 0 Å². The molecule has 0 saturated carbocycles. The number of nitrogens with zero attached hydrogens (tertiary/aromatic N) is 1. The van der Waals surface area contributed by atoms with Gasteiger partial charge in [0.2, 0.25) is 11.8 Å². The van der Waals surface area contributed by atoms with Gasteiger partial charge in [-0.05, 0) is 6.92 Å². The van der Waals surface area contributed by atoms with Gasteiger partial charge in [0, 0.05) is 19.6 Å². The molecule has 1 atom stereocenters. The van der Waals surface area contributed by atoms with Crippen molar-refractivity contribution in [3.8, 4) is 0 Å². The first-order chi connectivity index (χ1) is 6.95. The fourth-order valence-electron chi connectivity index (χ4n) is 1.16. The second-order valence-electron chi connectivity index (χ2n) is 2.86. The Bertz CT molecular complexity index is 253. The first-order valence-corrected chi connectivity index (χ1v) is 5.16. The number of imide groups is 1. The van der Waals surface area contributed by atoms with Gasteiger partial charge in [-0.15, -0.1) is 0 Å². The van der Waals surface area contributed by atoms with Gasteiger partial charge in [0.1, 0.15) is 6.04 Å². The summed E-state index contributed by atoms with van der Waals surface area (Å²) in [4.78, 5) is 34.6. The lowest BCUT2D eigenvalue weighted by Gasteiger charge is -2.24. The standard InChI is InChI=1S/C9H15NO4S/c1-4-14-9(13)8(5-15)10(6(2)11)7(3)12/h8,15H,4-5H2,1-3H3/t8-/m0/s1. The normalized spacial score (nSPS) is 11.7. The van der Waals surface area contributed by atoms with Crippen molar-refractivity contribution >= 4 is 30.4 Å². The zero-order valence-corrected chi connectivity index (χ0v) is 9.91. The summed E-state index contributed by atoms with van der Waals surface area (Å²) in [6, 6.07) is -0.941. The number of thiol groups is 1. The summed E-state index contributed by atoms with van der Waals surface area (Å²) in [5.74, 6) is -1.54. The molecule has 0 radical (unpaired) electrons. The average molecular weight is 233 g/mol. The SMILES string of the molecule is CCOC(=O)[C@H](CS)N(C(C)=O)C(C)=O. The van der Waals surface area contributed by atoms with Crippen LogP contribution in [0.3, 0.4) is 0 Å². The van der Waals surface area contributed by atoms with E-state index in [0.717, 1.165) is 4.90 Å². The number of hydrogen-bond acceptors (Lipinski definition) is 5. The minimum absolute atomic E-state index is 0.0536. The molecule has 0 unspecified atom stereocenters. The van der Waals surface area contributed by atoms with Crippen molar-refractivity contribution in [3.05, 3.63) is 0 Å². The lowest BCUT2D eigenvalue weighted by molar-refractivity contribution is -0.158. The number of esters is 1. The Hall–Kier alpha value is -1.04. The Balaban J connectivity index is 4.82. The fraction of sp³-hybridized carbons (Fsp3) is 0.667. The molecule has 0 saturated heterocycles. The topological polar surface area (TPSA) is 63.7 Å². The molecule has 0 heterocycles. The largest absolute Gasteiger partial charge is 0.464 e. The molecule has 0 spiro atoms. The maximum atomic E-state index is 11.4. The van der Waals surface area contributed by atoms with E-state index in [9.17, 15) is 14.4 Å². The quantitative estimate of drug-likeness (QED) is 0.558. The summed E-state index contributed by atoms with van der Waals surface area (Å²) in [7, 11) is 0. The van der Waals surface area contributed by atoms with Crippen molar-refractivity contribution in [2.24, 2.45) is 0 Å². The summed E-state index contributed by atoms with van der Waals surface area (Å²) in [5, 5.41) is 0. The summed E-state index contributed by atoms with van der Waals surface area (Å²) in [6.07, 6.45) is 0. The number of carbonyl (C=O) groups is 3. The molecule has 15 heavy (non-hydrogen) atoms. The average Bonchev–Trinajstić information content (AvgIpc) is 2.12. The molecule has 0 fully saturated rings. The van der Waals surface area contributed by atoms with E-state index in [-0.39, 0.29) is 12.4 Å². The summed E-state index contributed by atoms with van der Waals surface area (Å²) in [6.45, 7) is 4.29. The molecular formula is C9H15NO4S. The van der Waals surface area contributed by atoms with E-state index in [4.69, 9.17) is 4.74 Å². The first-order valence-electron chi connectivity index (χ1n) is 4.53. The molecule has 0 aromatic heterocycles. The molecule has 86 valence electrons. The molecule has 0 aliphatic rings. The van der Waals surface area contributed by atoms with Crippen LogP contribution in [0.1, 0.15) is 20.8 Å². The van der Waals surface area contributed by atoms with Gasteiger partial charge in [-0.2, -0.15) is 12.6 Å². The predicted octanol–water partition coefficient (Wildman–Crippen LogP) is 0.243. The number of amides is 2. The van der Waals surface area contributed by atoms with E-state index in [0.29, 0.717) is 0 Å². The minimum atomic E-state index is -0.941. The van der Waals surface area contributed by atoms with Gasteiger partial charge < -0.3 is 4.74 Å². The zero-order chi connectivity index (χ0) is 12.0. The van der Waals surface area contributed by atoms with E-state index < -0.39 is 23.8 Å². The third-order valence-corrected chi connectivity index (χ3v) is 2.07. The van der Waals surface area contributed by atoms with E-state index >= 15 is 0 Å². The Morgan fingerprint density at radius 1 is 1.27 bits per heavy atom. The molecule has 0 aliphatic carbocycles. The van der Waals surface area contributed by atoms with Crippen LogP contribution in [0, 0.1) is 0 Å². The highest BCUT2D eigenvalue weighted by Gasteiger charge is 2.30. The Labute approximate surface area is 94.2 Å². The van der Waals surface area contributed by atoms with Crippen LogP contribution < -0.4 is 0 Å². The van der Waals surface area contributed by atoms with E-state index in [1.54, 1.807) is 6.92 Å².